The van der Waals surface area contributed by atoms with E-state index >= 15 is 0 Å². The van der Waals surface area contributed by atoms with Crippen LogP contribution in [0.2, 0.25) is 5.02 Å². The first-order valence-corrected chi connectivity index (χ1v) is 6.39. The third-order valence-corrected chi connectivity index (χ3v) is 3.30. The topological polar surface area (TPSA) is 21.3 Å². The van der Waals surface area contributed by atoms with E-state index in [9.17, 15) is 0 Å². The van der Waals surface area contributed by atoms with Gasteiger partial charge in [-0.15, -0.1) is 0 Å². The Morgan fingerprint density at radius 1 is 1.38 bits per heavy atom. The first kappa shape index (κ1) is 13.8. The van der Waals surface area contributed by atoms with Gasteiger partial charge in [0.25, 0.3) is 0 Å². The third kappa shape index (κ3) is 4.73. The molecule has 2 nitrogen and oxygen atoms in total. The lowest BCUT2D eigenvalue weighted by atomic mass is 10.2. The van der Waals surface area contributed by atoms with Crippen molar-refractivity contribution in [2.45, 2.75) is 26.4 Å². The molecule has 0 amide bonds. The number of benzene rings is 1. The molecule has 1 rings (SSSR count). The van der Waals surface area contributed by atoms with E-state index in [4.69, 9.17) is 16.3 Å². The highest BCUT2D eigenvalue weighted by atomic mass is 79.9. The number of ether oxygens (including phenoxy) is 1. The lowest BCUT2D eigenvalue weighted by Gasteiger charge is -2.20. The van der Waals surface area contributed by atoms with Gasteiger partial charge in [0.2, 0.25) is 0 Å². The normalized spacial score (nSPS) is 11.6. The highest BCUT2D eigenvalue weighted by molar-refractivity contribution is 9.10. The van der Waals surface area contributed by atoms with Crippen LogP contribution < -0.4 is 5.32 Å². The van der Waals surface area contributed by atoms with Gasteiger partial charge in [0, 0.05) is 6.54 Å². The highest BCUT2D eigenvalue weighted by Crippen LogP contribution is 2.29. The van der Waals surface area contributed by atoms with Crippen molar-refractivity contribution in [1.82, 2.24) is 0 Å². The molecule has 0 bridgehead atoms. The fraction of sp³-hybridized carbons (Fsp3) is 0.500. The molecule has 1 aromatic rings. The Morgan fingerprint density at radius 3 is 2.69 bits per heavy atom. The zero-order valence-corrected chi connectivity index (χ0v) is 12.2. The van der Waals surface area contributed by atoms with E-state index in [0.717, 1.165) is 16.7 Å². The van der Waals surface area contributed by atoms with E-state index < -0.39 is 0 Å². The standard InChI is InChI=1S/C12H17BrClNO/c1-12(2,3)16-8-7-15-10-6-4-5-9(14)11(10)13/h4-6,15H,7-8H2,1-3H3. The lowest BCUT2D eigenvalue weighted by Crippen LogP contribution is -2.23. The molecule has 0 spiro atoms. The number of hydrogen-bond acceptors (Lipinski definition) is 2. The highest BCUT2D eigenvalue weighted by Gasteiger charge is 2.09. The SMILES string of the molecule is CC(C)(C)OCCNc1cccc(Cl)c1Br. The van der Waals surface area contributed by atoms with E-state index in [1.807, 2.05) is 39.0 Å². The maximum Gasteiger partial charge on any atom is 0.0646 e. The van der Waals surface area contributed by atoms with Gasteiger partial charge in [-0.3, -0.25) is 0 Å². The minimum Gasteiger partial charge on any atom is -0.382 e. The van der Waals surface area contributed by atoms with Crippen molar-refractivity contribution in [1.29, 1.82) is 0 Å². The van der Waals surface area contributed by atoms with E-state index in [1.165, 1.54) is 0 Å². The van der Waals surface area contributed by atoms with Crippen molar-refractivity contribution in [3.05, 3.63) is 27.7 Å². The van der Waals surface area contributed by atoms with Gasteiger partial charge in [-0.25, -0.2) is 0 Å². The molecule has 0 saturated carbocycles. The number of halogens is 2. The van der Waals surface area contributed by atoms with Gasteiger partial charge in [0.05, 0.1) is 27.4 Å². The zero-order valence-electron chi connectivity index (χ0n) is 9.81. The summed E-state index contributed by atoms with van der Waals surface area (Å²) in [5, 5.41) is 3.98. The summed E-state index contributed by atoms with van der Waals surface area (Å²) < 4.78 is 6.51. The number of rotatable bonds is 4. The largest absolute Gasteiger partial charge is 0.382 e. The molecule has 1 aromatic carbocycles. The van der Waals surface area contributed by atoms with Crippen molar-refractivity contribution in [3.63, 3.8) is 0 Å². The van der Waals surface area contributed by atoms with Crippen LogP contribution in [-0.2, 0) is 4.74 Å². The molecule has 0 fully saturated rings. The van der Waals surface area contributed by atoms with Crippen molar-refractivity contribution in [2.24, 2.45) is 0 Å². The molecular weight excluding hydrogens is 289 g/mol. The molecule has 1 N–H and O–H groups in total. The van der Waals surface area contributed by atoms with Gasteiger partial charge in [-0.1, -0.05) is 17.7 Å². The molecule has 4 heteroatoms. The minimum atomic E-state index is -0.0900. The van der Waals surface area contributed by atoms with Gasteiger partial charge in [0.15, 0.2) is 0 Å². The Labute approximate surface area is 110 Å². The van der Waals surface area contributed by atoms with Crippen LogP contribution in [0.5, 0.6) is 0 Å². The van der Waals surface area contributed by atoms with Crippen LogP contribution in [-0.4, -0.2) is 18.8 Å². The molecule has 0 aliphatic carbocycles. The molecule has 0 heterocycles. The fourth-order valence-electron chi connectivity index (χ4n) is 1.18. The van der Waals surface area contributed by atoms with Gasteiger partial charge in [0.1, 0.15) is 0 Å². The summed E-state index contributed by atoms with van der Waals surface area (Å²) in [6, 6.07) is 5.75. The van der Waals surface area contributed by atoms with Crippen LogP contribution in [0, 0.1) is 0 Å². The predicted octanol–water partition coefficient (Wildman–Crippen LogP) is 4.33. The Kier molecular flexibility index (Phi) is 5.09. The van der Waals surface area contributed by atoms with Crippen LogP contribution in [0.3, 0.4) is 0 Å². The summed E-state index contributed by atoms with van der Waals surface area (Å²) >= 11 is 9.42. The summed E-state index contributed by atoms with van der Waals surface area (Å²) in [5.74, 6) is 0. The molecule has 0 aliphatic heterocycles. The lowest BCUT2D eigenvalue weighted by molar-refractivity contribution is 0.00333. The van der Waals surface area contributed by atoms with Crippen LogP contribution in [0.25, 0.3) is 0 Å². The molecule has 0 unspecified atom stereocenters. The van der Waals surface area contributed by atoms with E-state index in [1.54, 1.807) is 0 Å². The molecule has 16 heavy (non-hydrogen) atoms. The molecular formula is C12H17BrClNO. The van der Waals surface area contributed by atoms with Crippen LogP contribution in [0.1, 0.15) is 20.8 Å². The van der Waals surface area contributed by atoms with Crippen molar-refractivity contribution in [3.8, 4) is 0 Å². The quantitative estimate of drug-likeness (QED) is 0.836. The average Bonchev–Trinajstić information content (AvgIpc) is 2.17. The second kappa shape index (κ2) is 5.89. The zero-order chi connectivity index (χ0) is 12.2. The fourth-order valence-corrected chi connectivity index (χ4v) is 1.76. The Hall–Kier alpha value is -0.250. The number of anilines is 1. The Balaban J connectivity index is 2.41. The maximum atomic E-state index is 5.98. The van der Waals surface area contributed by atoms with Crippen LogP contribution in [0.15, 0.2) is 22.7 Å². The van der Waals surface area contributed by atoms with Gasteiger partial charge in [-0.2, -0.15) is 0 Å². The monoisotopic (exact) mass is 305 g/mol. The van der Waals surface area contributed by atoms with Crippen LogP contribution >= 0.6 is 27.5 Å². The molecule has 0 aliphatic rings. The smallest absolute Gasteiger partial charge is 0.0646 e. The Morgan fingerprint density at radius 2 is 2.06 bits per heavy atom. The molecule has 0 atom stereocenters. The van der Waals surface area contributed by atoms with Crippen molar-refractivity contribution >= 4 is 33.2 Å². The minimum absolute atomic E-state index is 0.0900. The van der Waals surface area contributed by atoms with Crippen molar-refractivity contribution in [2.75, 3.05) is 18.5 Å². The molecule has 0 saturated heterocycles. The van der Waals surface area contributed by atoms with Crippen molar-refractivity contribution < 1.29 is 4.74 Å². The summed E-state index contributed by atoms with van der Waals surface area (Å²) in [4.78, 5) is 0. The number of hydrogen-bond donors (Lipinski definition) is 1. The van der Waals surface area contributed by atoms with E-state index in [0.29, 0.717) is 11.6 Å². The Bertz CT molecular complexity index is 349. The number of nitrogens with one attached hydrogen (secondary N) is 1. The third-order valence-electron chi connectivity index (χ3n) is 1.90. The molecule has 0 radical (unpaired) electrons. The van der Waals surface area contributed by atoms with Crippen LogP contribution in [0.4, 0.5) is 5.69 Å². The second-order valence-corrected chi connectivity index (χ2v) is 5.69. The first-order chi connectivity index (χ1) is 7.40. The maximum absolute atomic E-state index is 5.98. The van der Waals surface area contributed by atoms with Gasteiger partial charge >= 0.3 is 0 Å². The second-order valence-electron chi connectivity index (χ2n) is 4.49. The summed E-state index contributed by atoms with van der Waals surface area (Å²) in [6.45, 7) is 7.56. The molecule has 0 aromatic heterocycles. The van der Waals surface area contributed by atoms with Gasteiger partial charge in [-0.05, 0) is 48.8 Å². The summed E-state index contributed by atoms with van der Waals surface area (Å²) in [5.41, 5.74) is 0.901. The molecule has 90 valence electrons. The average molecular weight is 307 g/mol. The van der Waals surface area contributed by atoms with Gasteiger partial charge < -0.3 is 10.1 Å². The van der Waals surface area contributed by atoms with E-state index in [-0.39, 0.29) is 5.60 Å². The summed E-state index contributed by atoms with van der Waals surface area (Å²) in [6.07, 6.45) is 0. The van der Waals surface area contributed by atoms with E-state index in [2.05, 4.69) is 21.2 Å². The first-order valence-electron chi connectivity index (χ1n) is 5.22. The summed E-state index contributed by atoms with van der Waals surface area (Å²) in [7, 11) is 0. The predicted molar refractivity (Wildman–Crippen MR) is 73.3 cm³/mol.